The molecule has 2 saturated heterocycles. The zero-order chi connectivity index (χ0) is 27.9. The summed E-state index contributed by atoms with van der Waals surface area (Å²) in [5.41, 5.74) is 1.34. The van der Waals surface area contributed by atoms with Crippen LogP contribution < -0.4 is 0 Å². The van der Waals surface area contributed by atoms with Gasteiger partial charge < -0.3 is 14.2 Å². The van der Waals surface area contributed by atoms with Crippen LogP contribution in [0.3, 0.4) is 0 Å². The van der Waals surface area contributed by atoms with Crippen molar-refractivity contribution in [1.82, 2.24) is 0 Å². The van der Waals surface area contributed by atoms with Crippen LogP contribution in [0.1, 0.15) is 92.4 Å². The SMILES string of the molecule is CC/C(C)=C/C=C\C=C\C1OC(=O)CC2C[C@H](C)C[C@H](CC3CCC[C@H](C[C@@H](C)/C=C/[C@@H]1C)O3)O2.O=C=O. The molecule has 0 aromatic heterocycles. The van der Waals surface area contributed by atoms with Crippen molar-refractivity contribution in [2.45, 2.75) is 123 Å². The molecule has 2 fully saturated rings. The molecule has 0 aliphatic carbocycles. The molecule has 212 valence electrons. The minimum atomic E-state index is -0.299. The van der Waals surface area contributed by atoms with Gasteiger partial charge in [0.25, 0.3) is 0 Å². The predicted octanol–water partition coefficient (Wildman–Crippen LogP) is 6.92. The van der Waals surface area contributed by atoms with Crippen molar-refractivity contribution >= 4 is 12.1 Å². The van der Waals surface area contributed by atoms with Crippen molar-refractivity contribution in [3.8, 4) is 0 Å². The highest BCUT2D eigenvalue weighted by Crippen LogP contribution is 2.33. The Bertz CT molecular complexity index is 865. The van der Waals surface area contributed by atoms with Crippen LogP contribution >= 0.6 is 0 Å². The van der Waals surface area contributed by atoms with Gasteiger partial charge in [0.15, 0.2) is 0 Å². The highest BCUT2D eigenvalue weighted by Gasteiger charge is 2.33. The molecular formula is C32H48O6. The van der Waals surface area contributed by atoms with Crippen LogP contribution in [-0.2, 0) is 28.6 Å². The summed E-state index contributed by atoms with van der Waals surface area (Å²) in [4.78, 5) is 29.2. The zero-order valence-corrected chi connectivity index (χ0v) is 24.0. The van der Waals surface area contributed by atoms with Gasteiger partial charge in [0.05, 0.1) is 30.8 Å². The first-order valence-electron chi connectivity index (χ1n) is 14.4. The summed E-state index contributed by atoms with van der Waals surface area (Å²) in [6.45, 7) is 10.9. The smallest absolute Gasteiger partial charge is 0.373 e. The maximum atomic E-state index is 13.0. The van der Waals surface area contributed by atoms with Gasteiger partial charge in [-0.2, -0.15) is 9.59 Å². The quantitative estimate of drug-likeness (QED) is 0.224. The van der Waals surface area contributed by atoms with Crippen molar-refractivity contribution in [2.75, 3.05) is 0 Å². The van der Waals surface area contributed by atoms with E-state index in [1.54, 1.807) is 0 Å². The standard InChI is InChI=1S/C31H48O4.CO2/c1-6-22(2)11-8-7-9-14-30-25(5)16-15-23(3)17-26-12-10-13-27(33-26)20-28-18-24(4)19-29(34-28)21-31(32)35-30;2-1-3/h7-9,11,14-16,23-30H,6,10,12-13,17-21H2,1-5H3;/b8-7-,14-9+,16-15+,22-11+;/t23-,24+,25-,26+,27?,28+,29?,30?;/m0./s1. The minimum Gasteiger partial charge on any atom is -0.457 e. The minimum absolute atomic E-state index is 0.0684. The lowest BCUT2D eigenvalue weighted by molar-refractivity contribution is -0.191. The molecule has 0 saturated carbocycles. The molecule has 4 bridgehead atoms. The highest BCUT2D eigenvalue weighted by atomic mass is 16.5. The zero-order valence-electron chi connectivity index (χ0n) is 24.0. The van der Waals surface area contributed by atoms with Crippen LogP contribution in [0.2, 0.25) is 0 Å². The first kappa shape index (κ1) is 31.9. The van der Waals surface area contributed by atoms with Crippen LogP contribution in [-0.4, -0.2) is 42.6 Å². The molecule has 0 spiro atoms. The van der Waals surface area contributed by atoms with Crippen LogP contribution in [0, 0.1) is 17.8 Å². The predicted molar refractivity (Wildman–Crippen MR) is 148 cm³/mol. The molecule has 38 heavy (non-hydrogen) atoms. The normalized spacial score (nSPS) is 36.1. The molecular weight excluding hydrogens is 480 g/mol. The van der Waals surface area contributed by atoms with Gasteiger partial charge in [-0.25, -0.2) is 0 Å². The number of fused-ring (bicyclic) bond motifs is 4. The topological polar surface area (TPSA) is 78.9 Å². The number of esters is 1. The monoisotopic (exact) mass is 528 g/mol. The molecule has 3 aliphatic rings. The van der Waals surface area contributed by atoms with Crippen molar-refractivity contribution in [1.29, 1.82) is 0 Å². The molecule has 6 heteroatoms. The number of allylic oxidation sites excluding steroid dienone is 6. The fourth-order valence-corrected chi connectivity index (χ4v) is 5.53. The van der Waals surface area contributed by atoms with Gasteiger partial charge in [-0.05, 0) is 76.2 Å². The lowest BCUT2D eigenvalue weighted by Crippen LogP contribution is -2.38. The summed E-state index contributed by atoms with van der Waals surface area (Å²) in [7, 11) is 0. The Morgan fingerprint density at radius 3 is 2.29 bits per heavy atom. The third-order valence-electron chi connectivity index (χ3n) is 7.70. The molecule has 0 aromatic carbocycles. The average molecular weight is 529 g/mol. The Morgan fingerprint density at radius 1 is 0.921 bits per heavy atom. The number of hydrogen-bond acceptors (Lipinski definition) is 6. The van der Waals surface area contributed by atoms with E-state index in [0.29, 0.717) is 24.4 Å². The third kappa shape index (κ3) is 12.1. The van der Waals surface area contributed by atoms with Crippen molar-refractivity contribution in [3.05, 3.63) is 48.1 Å². The fourth-order valence-electron chi connectivity index (χ4n) is 5.53. The third-order valence-corrected chi connectivity index (χ3v) is 7.70. The van der Waals surface area contributed by atoms with Crippen LogP contribution in [0.25, 0.3) is 0 Å². The maximum absolute atomic E-state index is 13.0. The summed E-state index contributed by atoms with van der Waals surface area (Å²) in [6, 6.07) is 0. The summed E-state index contributed by atoms with van der Waals surface area (Å²) < 4.78 is 19.0. The second kappa shape index (κ2) is 17.3. The Labute approximate surface area is 229 Å². The van der Waals surface area contributed by atoms with E-state index in [9.17, 15) is 4.79 Å². The Morgan fingerprint density at radius 2 is 1.58 bits per heavy atom. The molecule has 3 rings (SSSR count). The lowest BCUT2D eigenvalue weighted by Gasteiger charge is -2.38. The Balaban J connectivity index is 0.00000161. The van der Waals surface area contributed by atoms with E-state index in [2.05, 4.69) is 52.8 Å². The second-order valence-corrected chi connectivity index (χ2v) is 11.3. The molecule has 0 N–H and O–H groups in total. The van der Waals surface area contributed by atoms with Crippen molar-refractivity contribution < 1.29 is 28.6 Å². The highest BCUT2D eigenvalue weighted by molar-refractivity contribution is 5.70. The molecule has 3 aliphatic heterocycles. The molecule has 0 amide bonds. The summed E-state index contributed by atoms with van der Waals surface area (Å²) in [6.07, 6.45) is 24.1. The number of rotatable bonds is 4. The number of ether oxygens (including phenoxy) is 3. The molecule has 0 aromatic rings. The molecule has 3 unspecified atom stereocenters. The van der Waals surface area contributed by atoms with Crippen LogP contribution in [0.5, 0.6) is 0 Å². The second-order valence-electron chi connectivity index (χ2n) is 11.3. The lowest BCUT2D eigenvalue weighted by atomic mass is 9.88. The number of cyclic esters (lactones) is 1. The van der Waals surface area contributed by atoms with E-state index in [1.807, 2.05) is 24.3 Å². The number of carbonyl (C=O) groups is 1. The first-order chi connectivity index (χ1) is 18.2. The van der Waals surface area contributed by atoms with Gasteiger partial charge in [0, 0.05) is 5.92 Å². The summed E-state index contributed by atoms with van der Waals surface area (Å²) in [5, 5.41) is 0. The van der Waals surface area contributed by atoms with Crippen molar-refractivity contribution in [3.63, 3.8) is 0 Å². The number of hydrogen-bond donors (Lipinski definition) is 0. The maximum Gasteiger partial charge on any atom is 0.373 e. The molecule has 0 radical (unpaired) electrons. The van der Waals surface area contributed by atoms with Crippen LogP contribution in [0.15, 0.2) is 48.1 Å². The van der Waals surface area contributed by atoms with E-state index in [1.165, 1.54) is 12.0 Å². The fraction of sp³-hybridized carbons (Fsp3) is 0.688. The average Bonchev–Trinajstić information content (AvgIpc) is 2.86. The molecule has 3 heterocycles. The van der Waals surface area contributed by atoms with E-state index < -0.39 is 0 Å². The van der Waals surface area contributed by atoms with Gasteiger partial charge in [0.2, 0.25) is 0 Å². The van der Waals surface area contributed by atoms with Gasteiger partial charge >= 0.3 is 12.1 Å². The largest absolute Gasteiger partial charge is 0.457 e. The van der Waals surface area contributed by atoms with Gasteiger partial charge in [-0.3, -0.25) is 4.79 Å². The summed E-state index contributed by atoms with van der Waals surface area (Å²) >= 11 is 0. The Hall–Kier alpha value is -2.27. The van der Waals surface area contributed by atoms with Gasteiger partial charge in [-0.1, -0.05) is 69.7 Å². The van der Waals surface area contributed by atoms with Crippen LogP contribution in [0.4, 0.5) is 0 Å². The van der Waals surface area contributed by atoms with E-state index in [-0.39, 0.29) is 42.5 Å². The number of carbonyl (C=O) groups excluding carboxylic acids is 3. The van der Waals surface area contributed by atoms with Gasteiger partial charge in [0.1, 0.15) is 6.10 Å². The van der Waals surface area contributed by atoms with E-state index in [4.69, 9.17) is 23.8 Å². The van der Waals surface area contributed by atoms with E-state index >= 15 is 0 Å². The van der Waals surface area contributed by atoms with Crippen molar-refractivity contribution in [2.24, 2.45) is 17.8 Å². The Kier molecular flexibility index (Phi) is 14.6. The first-order valence-corrected chi connectivity index (χ1v) is 14.4. The molecule has 8 atom stereocenters. The van der Waals surface area contributed by atoms with Gasteiger partial charge in [-0.15, -0.1) is 0 Å². The summed E-state index contributed by atoms with van der Waals surface area (Å²) in [5.74, 6) is 0.891. The van der Waals surface area contributed by atoms with E-state index in [0.717, 1.165) is 44.9 Å². The molecule has 6 nitrogen and oxygen atoms in total.